The summed E-state index contributed by atoms with van der Waals surface area (Å²) in [4.78, 5) is 13.3. The Morgan fingerprint density at radius 3 is 1.26 bits per heavy atom. The molecule has 4 aliphatic heterocycles. The third-order valence-electron chi connectivity index (χ3n) is 16.2. The number of aliphatic hydroxyl groups excluding tert-OH is 14. The lowest BCUT2D eigenvalue weighted by Gasteiger charge is -2.49. The van der Waals surface area contributed by atoms with Crippen LogP contribution in [0.15, 0.2) is 12.2 Å². The van der Waals surface area contributed by atoms with E-state index in [0.29, 0.717) is 6.42 Å². The van der Waals surface area contributed by atoms with Gasteiger partial charge in [0.2, 0.25) is 5.91 Å². The van der Waals surface area contributed by atoms with Gasteiger partial charge in [-0.1, -0.05) is 167 Å². The Kier molecular flexibility index (Phi) is 36.2. The minimum Gasteiger partial charge on any atom is -0.394 e. The van der Waals surface area contributed by atoms with Gasteiger partial charge in [-0.3, -0.25) is 4.79 Å². The number of amides is 1. The SMILES string of the molecule is CCCCCCCCCCCCC/C=C/[C@@H](O)[C@H](CO[C@@H]1OC(CO)[C@@H](O[C@@H]2OC(CO)[C@H](O[C@@H]3OC(CO)[C@H](O)[C@H](O[C@H]4OC(CO)[C@H](O)[C@H](O)C4O)C3O)[C@H](O)C2O)[C@H](O)C1O)NC(=O)CCCCCCCCCCCCCCC. The Balaban J connectivity index is 1.33. The predicted octanol–water partition coefficient (Wildman–Crippen LogP) is 0.860. The lowest BCUT2D eigenvalue weighted by molar-refractivity contribution is -0.389. The van der Waals surface area contributed by atoms with E-state index in [1.54, 1.807) is 6.08 Å². The van der Waals surface area contributed by atoms with Crippen molar-refractivity contribution in [2.24, 2.45) is 0 Å². The van der Waals surface area contributed by atoms with E-state index in [4.69, 9.17) is 37.9 Å². The third-order valence-corrected chi connectivity index (χ3v) is 16.2. The number of allylic oxidation sites excluding steroid dienone is 1. The van der Waals surface area contributed by atoms with Crippen LogP contribution in [0.2, 0.25) is 0 Å². The van der Waals surface area contributed by atoms with E-state index in [2.05, 4.69) is 19.2 Å². The van der Waals surface area contributed by atoms with Gasteiger partial charge in [-0.2, -0.15) is 0 Å². The Labute approximate surface area is 485 Å². The van der Waals surface area contributed by atoms with Crippen molar-refractivity contribution in [3.05, 3.63) is 12.2 Å². The van der Waals surface area contributed by atoms with E-state index in [1.165, 1.54) is 103 Å². The van der Waals surface area contributed by atoms with Gasteiger partial charge in [0.25, 0.3) is 0 Å². The topological polar surface area (TPSA) is 386 Å². The van der Waals surface area contributed by atoms with Crippen LogP contribution >= 0.6 is 0 Å². The molecular weight excluding hydrogens is 1080 g/mol. The molecule has 82 heavy (non-hydrogen) atoms. The quantitative estimate of drug-likeness (QED) is 0.0298. The van der Waals surface area contributed by atoms with Gasteiger partial charge < -0.3 is 115 Å². The van der Waals surface area contributed by atoms with Crippen LogP contribution in [-0.4, -0.2) is 245 Å². The molecule has 15 N–H and O–H groups in total. The van der Waals surface area contributed by atoms with E-state index in [-0.39, 0.29) is 18.9 Å². The zero-order chi connectivity index (χ0) is 60.0. The van der Waals surface area contributed by atoms with Crippen molar-refractivity contribution in [2.45, 2.75) is 316 Å². The van der Waals surface area contributed by atoms with Crippen molar-refractivity contribution in [1.82, 2.24) is 5.32 Å². The first-order valence-corrected chi connectivity index (χ1v) is 31.0. The monoisotopic (exact) mass is 1190 g/mol. The van der Waals surface area contributed by atoms with Crippen molar-refractivity contribution in [1.29, 1.82) is 0 Å². The molecule has 4 fully saturated rings. The summed E-state index contributed by atoms with van der Waals surface area (Å²) in [6.45, 7) is 0.531. The van der Waals surface area contributed by atoms with Gasteiger partial charge in [0, 0.05) is 6.42 Å². The number of hydrogen-bond donors (Lipinski definition) is 15. The minimum absolute atomic E-state index is 0.221. The number of carbonyl (C=O) groups is 1. The van der Waals surface area contributed by atoms with Crippen LogP contribution in [0.25, 0.3) is 0 Å². The van der Waals surface area contributed by atoms with Gasteiger partial charge in [-0.25, -0.2) is 0 Å². The molecule has 0 spiro atoms. The maximum atomic E-state index is 13.3. The molecule has 4 saturated heterocycles. The van der Waals surface area contributed by atoms with Crippen molar-refractivity contribution < 1.29 is 114 Å². The molecular formula is C58H107NO23. The molecule has 0 aromatic heterocycles. The second-order valence-electron chi connectivity index (χ2n) is 22.9. The van der Waals surface area contributed by atoms with E-state index < -0.39 is 161 Å². The largest absolute Gasteiger partial charge is 0.394 e. The molecule has 482 valence electrons. The Morgan fingerprint density at radius 2 is 0.793 bits per heavy atom. The minimum atomic E-state index is -2.08. The normalized spacial score (nSPS) is 35.3. The number of carbonyl (C=O) groups excluding carboxylic acids is 1. The molecule has 8 unspecified atom stereocenters. The number of unbranched alkanes of at least 4 members (excludes halogenated alkanes) is 23. The van der Waals surface area contributed by atoms with Crippen LogP contribution < -0.4 is 5.32 Å². The molecule has 24 nitrogen and oxygen atoms in total. The summed E-state index contributed by atoms with van der Waals surface area (Å²) in [6, 6.07) is -1.00. The van der Waals surface area contributed by atoms with Gasteiger partial charge >= 0.3 is 0 Å². The summed E-state index contributed by atoms with van der Waals surface area (Å²) in [7, 11) is 0. The van der Waals surface area contributed by atoms with Gasteiger partial charge in [0.15, 0.2) is 25.2 Å². The summed E-state index contributed by atoms with van der Waals surface area (Å²) in [5.74, 6) is -0.302. The Hall–Kier alpha value is -1.67. The molecule has 0 saturated carbocycles. The summed E-state index contributed by atoms with van der Waals surface area (Å²) >= 11 is 0. The maximum absolute atomic E-state index is 13.3. The van der Waals surface area contributed by atoms with Crippen molar-refractivity contribution >= 4 is 5.91 Å². The summed E-state index contributed by atoms with van der Waals surface area (Å²) in [5, 5.41) is 154. The second-order valence-corrected chi connectivity index (χ2v) is 22.9. The van der Waals surface area contributed by atoms with Crippen LogP contribution in [0.3, 0.4) is 0 Å². The first-order chi connectivity index (χ1) is 39.6. The number of hydrogen-bond acceptors (Lipinski definition) is 23. The average Bonchev–Trinajstić information content (AvgIpc) is 3.49. The Morgan fingerprint density at radius 1 is 0.427 bits per heavy atom. The number of nitrogens with one attached hydrogen (secondary N) is 1. The molecule has 24 heteroatoms. The zero-order valence-electron chi connectivity index (χ0n) is 48.7. The standard InChI is InChI=1S/C58H107NO23/c1-3-5-7-9-11-13-15-17-19-21-23-25-27-29-37(64)36(59-42(65)30-28-26-24-22-20-18-16-14-12-10-8-6-4-2)35-75-55-49(72)46(69)52(40(33-62)78-55)80-57-50(73)47(70)53(41(34-63)79-57)81-58-51(74)54(44(67)39(32-61)77-58)82-56-48(71)45(68)43(66)38(31-60)76-56/h27,29,36-41,43-58,60-64,66-74H,3-26,28,30-35H2,1-2H3,(H,59,65)/b29-27+/t36-,37+,38?,39?,40?,41?,43-,44-,45-,46+,47+,48?,49?,50?,51?,52+,53-,54-,55+,56+,57-,58-/m0/s1. The third kappa shape index (κ3) is 23.5. The molecule has 1 amide bonds. The molecule has 4 rings (SSSR count). The molecule has 0 aromatic carbocycles. The number of aliphatic hydroxyl groups is 14. The van der Waals surface area contributed by atoms with Crippen LogP contribution in [0, 0.1) is 0 Å². The van der Waals surface area contributed by atoms with Gasteiger partial charge in [0.05, 0.1) is 45.2 Å². The Bertz CT molecular complexity index is 1670. The fourth-order valence-corrected chi connectivity index (χ4v) is 11.0. The average molecular weight is 1190 g/mol. The molecule has 22 atom stereocenters. The maximum Gasteiger partial charge on any atom is 0.220 e. The lowest BCUT2D eigenvalue weighted by atomic mass is 9.95. The molecule has 4 heterocycles. The summed E-state index contributed by atoms with van der Waals surface area (Å²) in [6.07, 6.45) is -4.80. The molecule has 0 radical (unpaired) electrons. The zero-order valence-corrected chi connectivity index (χ0v) is 48.7. The molecule has 4 aliphatic rings. The summed E-state index contributed by atoms with van der Waals surface area (Å²) in [5.41, 5.74) is 0. The van der Waals surface area contributed by atoms with Crippen molar-refractivity contribution in [3.63, 3.8) is 0 Å². The lowest BCUT2D eigenvalue weighted by Crippen LogP contribution is -2.67. The van der Waals surface area contributed by atoms with Gasteiger partial charge in [0.1, 0.15) is 97.7 Å². The predicted molar refractivity (Wildman–Crippen MR) is 296 cm³/mol. The van der Waals surface area contributed by atoms with E-state index >= 15 is 0 Å². The fourth-order valence-electron chi connectivity index (χ4n) is 11.0. The van der Waals surface area contributed by atoms with Crippen LogP contribution in [0.5, 0.6) is 0 Å². The smallest absolute Gasteiger partial charge is 0.220 e. The highest BCUT2D eigenvalue weighted by Crippen LogP contribution is 2.35. The highest BCUT2D eigenvalue weighted by atomic mass is 16.8. The second kappa shape index (κ2) is 40.7. The van der Waals surface area contributed by atoms with Gasteiger partial charge in [-0.05, 0) is 19.3 Å². The van der Waals surface area contributed by atoms with Crippen LogP contribution in [-0.2, 0) is 42.7 Å². The van der Waals surface area contributed by atoms with Crippen molar-refractivity contribution in [3.8, 4) is 0 Å². The number of ether oxygens (including phenoxy) is 8. The first-order valence-electron chi connectivity index (χ1n) is 31.0. The van der Waals surface area contributed by atoms with E-state index in [9.17, 15) is 76.3 Å². The van der Waals surface area contributed by atoms with E-state index in [0.717, 1.165) is 51.4 Å². The van der Waals surface area contributed by atoms with Crippen molar-refractivity contribution in [2.75, 3.05) is 33.0 Å². The molecule has 0 aromatic rings. The highest BCUT2D eigenvalue weighted by Gasteiger charge is 2.55. The van der Waals surface area contributed by atoms with Crippen LogP contribution in [0.4, 0.5) is 0 Å². The highest BCUT2D eigenvalue weighted by molar-refractivity contribution is 5.76. The fraction of sp³-hybridized carbons (Fsp3) is 0.948. The van der Waals surface area contributed by atoms with Crippen LogP contribution in [0.1, 0.15) is 181 Å². The first kappa shape index (κ1) is 72.8. The van der Waals surface area contributed by atoms with E-state index in [1.807, 2.05) is 6.08 Å². The van der Waals surface area contributed by atoms with Gasteiger partial charge in [-0.15, -0.1) is 0 Å². The molecule has 0 bridgehead atoms. The number of rotatable bonds is 42. The summed E-state index contributed by atoms with van der Waals surface area (Å²) < 4.78 is 45.7. The molecule has 0 aliphatic carbocycles.